The van der Waals surface area contributed by atoms with E-state index in [0.717, 1.165) is 0 Å². The fourth-order valence-corrected chi connectivity index (χ4v) is 2.20. The van der Waals surface area contributed by atoms with Gasteiger partial charge in [-0.1, -0.05) is 26.3 Å². The van der Waals surface area contributed by atoms with Gasteiger partial charge in [-0.25, -0.2) is 0 Å². The number of rotatable bonds is 2. The third kappa shape index (κ3) is 1.43. The van der Waals surface area contributed by atoms with E-state index >= 15 is 0 Å². The first-order valence-corrected chi connectivity index (χ1v) is 5.19. The minimum Gasteiger partial charge on any atom is -0.361 e. The molecule has 0 aliphatic heterocycles. The van der Waals surface area contributed by atoms with Crippen molar-refractivity contribution in [1.82, 2.24) is 4.98 Å². The number of nitrogens with one attached hydrogen (secondary N) is 1. The molecule has 1 aliphatic rings. The Bertz CT molecular complexity index is 320. The van der Waals surface area contributed by atoms with Crippen LogP contribution in [0.2, 0.25) is 0 Å². The van der Waals surface area contributed by atoms with Crippen LogP contribution >= 0.6 is 0 Å². The number of aryl methyl sites for hydroxylation is 1. The van der Waals surface area contributed by atoms with E-state index < -0.39 is 0 Å². The summed E-state index contributed by atoms with van der Waals surface area (Å²) in [6, 6.07) is 0. The van der Waals surface area contributed by atoms with Gasteiger partial charge in [0.15, 0.2) is 0 Å². The smallest absolute Gasteiger partial charge is 0.0415 e. The van der Waals surface area contributed by atoms with E-state index in [9.17, 15) is 0 Å². The van der Waals surface area contributed by atoms with Crippen LogP contribution in [0.1, 0.15) is 49.4 Å². The standard InChI is InChI=1S/C12H17N/c1-3-5-10-8-13-11-7-4-6-9(2)12(10)11/h4,7-9,13H,3,5-6H2,1-2H3. The number of H-pyrrole nitrogens is 1. The Labute approximate surface area is 79.9 Å². The quantitative estimate of drug-likeness (QED) is 0.708. The van der Waals surface area contributed by atoms with Gasteiger partial charge in [0, 0.05) is 11.9 Å². The van der Waals surface area contributed by atoms with Crippen LogP contribution in [-0.4, -0.2) is 4.98 Å². The Kier molecular flexibility index (Phi) is 2.26. The predicted molar refractivity (Wildman–Crippen MR) is 56.9 cm³/mol. The van der Waals surface area contributed by atoms with Gasteiger partial charge in [0.05, 0.1) is 0 Å². The van der Waals surface area contributed by atoms with Crippen molar-refractivity contribution in [2.24, 2.45) is 0 Å². The molecule has 1 atom stereocenters. The van der Waals surface area contributed by atoms with Crippen molar-refractivity contribution in [2.75, 3.05) is 0 Å². The zero-order chi connectivity index (χ0) is 9.26. The molecule has 1 nitrogen and oxygen atoms in total. The largest absolute Gasteiger partial charge is 0.361 e. The molecule has 1 heteroatoms. The minimum atomic E-state index is 0.702. The molecule has 1 unspecified atom stereocenters. The summed E-state index contributed by atoms with van der Waals surface area (Å²) in [7, 11) is 0. The second-order valence-electron chi connectivity index (χ2n) is 3.93. The first kappa shape index (κ1) is 8.61. The highest BCUT2D eigenvalue weighted by atomic mass is 14.7. The van der Waals surface area contributed by atoms with Gasteiger partial charge in [0.2, 0.25) is 0 Å². The SMILES string of the molecule is CCCc1c[nH]c2c1C(C)CC=C2. The summed E-state index contributed by atoms with van der Waals surface area (Å²) in [6.45, 7) is 4.55. The fraction of sp³-hybridized carbons (Fsp3) is 0.500. The summed E-state index contributed by atoms with van der Waals surface area (Å²) in [4.78, 5) is 3.35. The molecule has 13 heavy (non-hydrogen) atoms. The van der Waals surface area contributed by atoms with E-state index in [2.05, 4.69) is 37.2 Å². The molecule has 1 heterocycles. The van der Waals surface area contributed by atoms with Crippen molar-refractivity contribution in [3.05, 3.63) is 29.1 Å². The van der Waals surface area contributed by atoms with Gasteiger partial charge in [0.1, 0.15) is 0 Å². The molecule has 1 N–H and O–H groups in total. The molecule has 0 amide bonds. The zero-order valence-electron chi connectivity index (χ0n) is 8.43. The fourth-order valence-electron chi connectivity index (χ4n) is 2.20. The number of aromatic nitrogens is 1. The lowest BCUT2D eigenvalue weighted by atomic mass is 9.89. The molecular formula is C12H17N. The lowest BCUT2D eigenvalue weighted by Gasteiger charge is -2.15. The Balaban J connectivity index is 2.39. The van der Waals surface area contributed by atoms with Crippen LogP contribution in [-0.2, 0) is 6.42 Å². The van der Waals surface area contributed by atoms with E-state index in [4.69, 9.17) is 0 Å². The topological polar surface area (TPSA) is 15.8 Å². The van der Waals surface area contributed by atoms with Crippen molar-refractivity contribution >= 4 is 6.08 Å². The van der Waals surface area contributed by atoms with Crippen LogP contribution < -0.4 is 0 Å². The van der Waals surface area contributed by atoms with Gasteiger partial charge in [-0.05, 0) is 36.0 Å². The highest BCUT2D eigenvalue weighted by Gasteiger charge is 2.17. The molecule has 1 aromatic heterocycles. The van der Waals surface area contributed by atoms with Crippen molar-refractivity contribution in [1.29, 1.82) is 0 Å². The minimum absolute atomic E-state index is 0.702. The van der Waals surface area contributed by atoms with Gasteiger partial charge >= 0.3 is 0 Å². The Morgan fingerprint density at radius 1 is 1.54 bits per heavy atom. The number of hydrogen-bond acceptors (Lipinski definition) is 0. The van der Waals surface area contributed by atoms with Crippen LogP contribution in [0.25, 0.3) is 6.08 Å². The maximum atomic E-state index is 3.35. The van der Waals surface area contributed by atoms with Crippen LogP contribution in [0.4, 0.5) is 0 Å². The molecule has 0 bridgehead atoms. The lowest BCUT2D eigenvalue weighted by Crippen LogP contribution is -2.00. The molecule has 0 radical (unpaired) electrons. The van der Waals surface area contributed by atoms with Gasteiger partial charge < -0.3 is 4.98 Å². The predicted octanol–water partition coefficient (Wildman–Crippen LogP) is 3.49. The van der Waals surface area contributed by atoms with Crippen molar-refractivity contribution in [3.8, 4) is 0 Å². The summed E-state index contributed by atoms with van der Waals surface area (Å²) in [5.41, 5.74) is 4.42. The molecule has 2 rings (SSSR count). The normalized spacial score (nSPS) is 20.3. The van der Waals surface area contributed by atoms with Gasteiger partial charge in [-0.3, -0.25) is 0 Å². The van der Waals surface area contributed by atoms with Crippen molar-refractivity contribution in [2.45, 2.75) is 39.0 Å². The van der Waals surface area contributed by atoms with Crippen LogP contribution in [0.15, 0.2) is 12.3 Å². The summed E-state index contributed by atoms with van der Waals surface area (Å²) in [5, 5.41) is 0. The van der Waals surface area contributed by atoms with E-state index in [0.29, 0.717) is 5.92 Å². The van der Waals surface area contributed by atoms with Crippen molar-refractivity contribution in [3.63, 3.8) is 0 Å². The Morgan fingerprint density at radius 3 is 3.15 bits per heavy atom. The Hall–Kier alpha value is -0.980. The molecule has 0 saturated carbocycles. The number of aromatic amines is 1. The highest BCUT2D eigenvalue weighted by Crippen LogP contribution is 2.32. The van der Waals surface area contributed by atoms with E-state index in [1.807, 2.05) is 0 Å². The molecule has 0 aromatic carbocycles. The van der Waals surface area contributed by atoms with Gasteiger partial charge in [0.25, 0.3) is 0 Å². The second kappa shape index (κ2) is 3.41. The highest BCUT2D eigenvalue weighted by molar-refractivity contribution is 5.56. The monoisotopic (exact) mass is 175 g/mol. The molecule has 0 fully saturated rings. The van der Waals surface area contributed by atoms with Gasteiger partial charge in [-0.2, -0.15) is 0 Å². The van der Waals surface area contributed by atoms with Crippen LogP contribution in [0, 0.1) is 0 Å². The summed E-state index contributed by atoms with van der Waals surface area (Å²) >= 11 is 0. The summed E-state index contributed by atoms with van der Waals surface area (Å²) < 4.78 is 0. The number of hydrogen-bond donors (Lipinski definition) is 1. The molecule has 70 valence electrons. The third-order valence-corrected chi connectivity index (χ3v) is 2.82. The number of allylic oxidation sites excluding steroid dienone is 1. The van der Waals surface area contributed by atoms with Gasteiger partial charge in [-0.15, -0.1) is 0 Å². The van der Waals surface area contributed by atoms with Crippen LogP contribution in [0.3, 0.4) is 0 Å². The average Bonchev–Trinajstić information content (AvgIpc) is 2.51. The third-order valence-electron chi connectivity index (χ3n) is 2.82. The maximum absolute atomic E-state index is 3.35. The summed E-state index contributed by atoms with van der Waals surface area (Å²) in [5.74, 6) is 0.702. The molecule has 1 aromatic rings. The Morgan fingerprint density at radius 2 is 2.38 bits per heavy atom. The zero-order valence-corrected chi connectivity index (χ0v) is 8.43. The average molecular weight is 175 g/mol. The number of fused-ring (bicyclic) bond motifs is 1. The maximum Gasteiger partial charge on any atom is 0.0415 e. The lowest BCUT2D eigenvalue weighted by molar-refractivity contribution is 0.754. The molecule has 0 saturated heterocycles. The van der Waals surface area contributed by atoms with Crippen molar-refractivity contribution < 1.29 is 0 Å². The first-order valence-electron chi connectivity index (χ1n) is 5.19. The molecule has 0 spiro atoms. The second-order valence-corrected chi connectivity index (χ2v) is 3.93. The molecule has 1 aliphatic carbocycles. The summed E-state index contributed by atoms with van der Waals surface area (Å²) in [6.07, 6.45) is 10.3. The van der Waals surface area contributed by atoms with E-state index in [1.54, 1.807) is 5.56 Å². The first-order chi connectivity index (χ1) is 6.33. The van der Waals surface area contributed by atoms with E-state index in [-0.39, 0.29) is 0 Å². The molecular weight excluding hydrogens is 158 g/mol. The van der Waals surface area contributed by atoms with Crippen LogP contribution in [0.5, 0.6) is 0 Å². The van der Waals surface area contributed by atoms with E-state index in [1.165, 1.54) is 30.5 Å².